The third-order valence-corrected chi connectivity index (χ3v) is 12.7. The number of aliphatic hydroxyl groups excluding tert-OH is 2. The Hall–Kier alpha value is -5.14. The van der Waals surface area contributed by atoms with Crippen LogP contribution < -0.4 is 0 Å². The van der Waals surface area contributed by atoms with Crippen LogP contribution in [0.3, 0.4) is 0 Å². The number of carbonyl (C=O) groups is 4. The lowest BCUT2D eigenvalue weighted by Crippen LogP contribution is -2.61. The van der Waals surface area contributed by atoms with Crippen molar-refractivity contribution < 1.29 is 58.2 Å². The monoisotopic (exact) mass is 1100 g/mol. The fourth-order valence-corrected chi connectivity index (χ4v) is 8.19. The topological polar surface area (TPSA) is 175 Å². The van der Waals surface area contributed by atoms with Gasteiger partial charge in [-0.25, -0.2) is 4.79 Å². The lowest BCUT2D eigenvalue weighted by atomic mass is 9.98. The Kier molecular flexibility index (Phi) is 48.7. The van der Waals surface area contributed by atoms with Gasteiger partial charge in [0, 0.05) is 19.3 Å². The van der Waals surface area contributed by atoms with Crippen molar-refractivity contribution in [1.29, 1.82) is 0 Å². The Bertz CT molecular complexity index is 1880. The summed E-state index contributed by atoms with van der Waals surface area (Å²) in [6, 6.07) is 0. The van der Waals surface area contributed by atoms with Gasteiger partial charge in [0.05, 0.1) is 6.61 Å². The standard InChI is InChI=1S/C67H104O12/c1-4-7-10-13-16-19-22-25-28-29-30-31-34-35-38-41-44-47-50-53-59(68)75-56-58(77-60(69)54-51-48-45-42-39-36-32-26-23-20-17-14-11-8-5-2)57-76-67-65(63(72)62(71)64(79-67)66(73)74)78-61(70)55-52-49-46-43-40-37-33-27-24-21-18-15-12-9-6-3/h7-12,16-21,25-28,30-33,39,42,58,62-65,67,71-72H,4-6,13-15,22-24,29,34-38,40-41,43-57H2,1-3H3,(H,73,74)/b10-7-,11-8-,12-9-,19-16-,20-17-,21-18-,28-25-,31-30-,32-26-,33-27-,42-39-. The lowest BCUT2D eigenvalue weighted by molar-refractivity contribution is -0.301. The lowest BCUT2D eigenvalue weighted by Gasteiger charge is -2.40. The van der Waals surface area contributed by atoms with Gasteiger partial charge in [0.2, 0.25) is 0 Å². The number of aliphatic hydroxyl groups is 2. The predicted octanol–water partition coefficient (Wildman–Crippen LogP) is 15.8. The number of hydrogen-bond acceptors (Lipinski definition) is 11. The molecule has 0 amide bonds. The van der Waals surface area contributed by atoms with E-state index in [-0.39, 0.29) is 25.9 Å². The second-order valence-corrected chi connectivity index (χ2v) is 19.8. The molecular formula is C67H104O12. The van der Waals surface area contributed by atoms with E-state index in [0.717, 1.165) is 154 Å². The van der Waals surface area contributed by atoms with E-state index in [4.69, 9.17) is 23.7 Å². The van der Waals surface area contributed by atoms with Crippen LogP contribution in [0, 0.1) is 0 Å². The number of esters is 3. The normalized spacial score (nSPS) is 18.8. The zero-order chi connectivity index (χ0) is 57.5. The summed E-state index contributed by atoms with van der Waals surface area (Å²) < 4.78 is 28.4. The van der Waals surface area contributed by atoms with Crippen LogP contribution in [0.1, 0.15) is 213 Å². The molecule has 1 aliphatic rings. The average Bonchev–Trinajstić information content (AvgIpc) is 3.46. The molecule has 0 bridgehead atoms. The minimum atomic E-state index is -1.93. The summed E-state index contributed by atoms with van der Waals surface area (Å²) in [6.07, 6.45) is 62.7. The highest BCUT2D eigenvalue weighted by Gasteiger charge is 2.50. The molecule has 0 spiro atoms. The maximum absolute atomic E-state index is 13.1. The Labute approximate surface area is 477 Å². The number of unbranched alkanes of at least 4 members (excludes halogenated alkanes) is 13. The van der Waals surface area contributed by atoms with Gasteiger partial charge in [0.1, 0.15) is 18.8 Å². The van der Waals surface area contributed by atoms with Gasteiger partial charge >= 0.3 is 23.9 Å². The van der Waals surface area contributed by atoms with Crippen LogP contribution in [-0.2, 0) is 42.9 Å². The number of allylic oxidation sites excluding steroid dienone is 22. The van der Waals surface area contributed by atoms with Gasteiger partial charge in [-0.05, 0) is 128 Å². The highest BCUT2D eigenvalue weighted by Crippen LogP contribution is 2.26. The molecule has 0 aliphatic carbocycles. The number of ether oxygens (including phenoxy) is 5. The number of aliphatic carboxylic acids is 1. The minimum absolute atomic E-state index is 0.0270. The van der Waals surface area contributed by atoms with Crippen LogP contribution in [0.15, 0.2) is 134 Å². The van der Waals surface area contributed by atoms with Gasteiger partial charge in [0.15, 0.2) is 24.6 Å². The first kappa shape index (κ1) is 71.9. The van der Waals surface area contributed by atoms with Crippen LogP contribution >= 0.6 is 0 Å². The molecule has 0 aromatic heterocycles. The van der Waals surface area contributed by atoms with Crippen molar-refractivity contribution in [1.82, 2.24) is 0 Å². The van der Waals surface area contributed by atoms with E-state index in [1.165, 1.54) is 0 Å². The number of carbonyl (C=O) groups excluding carboxylic acids is 3. The molecule has 1 fully saturated rings. The summed E-state index contributed by atoms with van der Waals surface area (Å²) in [5.74, 6) is -3.24. The molecule has 444 valence electrons. The van der Waals surface area contributed by atoms with Crippen molar-refractivity contribution in [3.05, 3.63) is 134 Å². The number of hydrogen-bond donors (Lipinski definition) is 3. The molecular weight excluding hydrogens is 997 g/mol. The van der Waals surface area contributed by atoms with Crippen molar-refractivity contribution in [2.75, 3.05) is 13.2 Å². The van der Waals surface area contributed by atoms with E-state index in [2.05, 4.69) is 154 Å². The summed E-state index contributed by atoms with van der Waals surface area (Å²) in [7, 11) is 0. The van der Waals surface area contributed by atoms with Crippen molar-refractivity contribution in [3.63, 3.8) is 0 Å². The first-order valence-electron chi connectivity index (χ1n) is 30.2. The summed E-state index contributed by atoms with van der Waals surface area (Å²) in [5, 5.41) is 31.5. The van der Waals surface area contributed by atoms with E-state index >= 15 is 0 Å². The Morgan fingerprint density at radius 1 is 0.418 bits per heavy atom. The fraction of sp³-hybridized carbons (Fsp3) is 0.612. The average molecular weight is 1100 g/mol. The predicted molar refractivity (Wildman–Crippen MR) is 321 cm³/mol. The van der Waals surface area contributed by atoms with Crippen LogP contribution in [0.5, 0.6) is 0 Å². The van der Waals surface area contributed by atoms with Gasteiger partial charge in [-0.1, -0.05) is 199 Å². The molecule has 12 nitrogen and oxygen atoms in total. The van der Waals surface area contributed by atoms with Crippen LogP contribution in [0.25, 0.3) is 0 Å². The molecule has 1 rings (SSSR count). The molecule has 3 N–H and O–H groups in total. The van der Waals surface area contributed by atoms with Crippen molar-refractivity contribution in [2.45, 2.75) is 250 Å². The SMILES string of the molecule is CC/C=C\C/C=C\C/C=C\C/C=C\CCCCCCCCC(=O)OCC(COC1OC(C(=O)O)C(O)C(O)C1OC(=O)CCCCCCC/C=C\C/C=C\C/C=C\CC)OC(=O)CCCC/C=C\C/C=C\C/C=C\C/C=C\CC. The number of carboxylic acid groups (broad SMARTS) is 1. The molecule has 79 heavy (non-hydrogen) atoms. The van der Waals surface area contributed by atoms with E-state index in [1.54, 1.807) is 0 Å². The van der Waals surface area contributed by atoms with Crippen LogP contribution in [0.4, 0.5) is 0 Å². The molecule has 12 heteroatoms. The second-order valence-electron chi connectivity index (χ2n) is 19.8. The maximum atomic E-state index is 13.1. The van der Waals surface area contributed by atoms with Crippen molar-refractivity contribution >= 4 is 23.9 Å². The smallest absolute Gasteiger partial charge is 0.335 e. The van der Waals surface area contributed by atoms with E-state index in [0.29, 0.717) is 19.3 Å². The molecule has 0 radical (unpaired) electrons. The third kappa shape index (κ3) is 43.4. The first-order valence-corrected chi connectivity index (χ1v) is 30.2. The van der Waals surface area contributed by atoms with Crippen molar-refractivity contribution in [2.24, 2.45) is 0 Å². The van der Waals surface area contributed by atoms with Gasteiger partial charge in [-0.3, -0.25) is 14.4 Å². The fourth-order valence-electron chi connectivity index (χ4n) is 8.19. The van der Waals surface area contributed by atoms with Gasteiger partial charge < -0.3 is 39.0 Å². The molecule has 1 heterocycles. The molecule has 1 saturated heterocycles. The second kappa shape index (κ2) is 53.5. The Morgan fingerprint density at radius 2 is 0.759 bits per heavy atom. The largest absolute Gasteiger partial charge is 0.479 e. The van der Waals surface area contributed by atoms with E-state index in [9.17, 15) is 34.5 Å². The summed E-state index contributed by atoms with van der Waals surface area (Å²) in [4.78, 5) is 51.2. The first-order chi connectivity index (χ1) is 38.6. The molecule has 6 atom stereocenters. The van der Waals surface area contributed by atoms with Gasteiger partial charge in [-0.15, -0.1) is 0 Å². The highest BCUT2D eigenvalue weighted by atomic mass is 16.7. The Morgan fingerprint density at radius 3 is 1.18 bits per heavy atom. The number of carboxylic acids is 1. The third-order valence-electron chi connectivity index (χ3n) is 12.7. The highest BCUT2D eigenvalue weighted by molar-refractivity contribution is 5.74. The minimum Gasteiger partial charge on any atom is -0.479 e. The molecule has 1 aliphatic heterocycles. The summed E-state index contributed by atoms with van der Waals surface area (Å²) in [6.45, 7) is 5.59. The van der Waals surface area contributed by atoms with Crippen LogP contribution in [0.2, 0.25) is 0 Å². The summed E-state index contributed by atoms with van der Waals surface area (Å²) >= 11 is 0. The zero-order valence-electron chi connectivity index (χ0n) is 48.8. The number of rotatable bonds is 49. The van der Waals surface area contributed by atoms with Gasteiger partial charge in [-0.2, -0.15) is 0 Å². The molecule has 6 unspecified atom stereocenters. The van der Waals surface area contributed by atoms with Crippen molar-refractivity contribution in [3.8, 4) is 0 Å². The van der Waals surface area contributed by atoms with Gasteiger partial charge in [0.25, 0.3) is 0 Å². The van der Waals surface area contributed by atoms with Crippen LogP contribution in [-0.4, -0.2) is 89.2 Å². The molecule has 0 aromatic rings. The summed E-state index contributed by atoms with van der Waals surface area (Å²) in [5.41, 5.74) is 0. The van der Waals surface area contributed by atoms with E-state index < -0.39 is 67.3 Å². The zero-order valence-corrected chi connectivity index (χ0v) is 48.8. The quantitative estimate of drug-likeness (QED) is 0.0228. The Balaban J connectivity index is 2.73. The molecule has 0 aromatic carbocycles. The molecule has 0 saturated carbocycles. The maximum Gasteiger partial charge on any atom is 0.335 e. The van der Waals surface area contributed by atoms with E-state index in [1.807, 2.05) is 0 Å².